The van der Waals surface area contributed by atoms with Crippen LogP contribution < -0.4 is 0 Å². The van der Waals surface area contributed by atoms with Crippen molar-refractivity contribution in [1.82, 2.24) is 0 Å². The summed E-state index contributed by atoms with van der Waals surface area (Å²) in [6, 6.07) is 5.83. The van der Waals surface area contributed by atoms with Crippen molar-refractivity contribution in [3.05, 3.63) is 35.6 Å². The van der Waals surface area contributed by atoms with Gasteiger partial charge >= 0.3 is 5.97 Å². The highest BCUT2D eigenvalue weighted by Crippen LogP contribution is 2.23. The predicted molar refractivity (Wildman–Crippen MR) is 47.0 cm³/mol. The van der Waals surface area contributed by atoms with Crippen LogP contribution in [0.4, 0.5) is 4.39 Å². The average molecular weight is 203 g/mol. The summed E-state index contributed by atoms with van der Waals surface area (Å²) in [4.78, 5) is 10.9. The monoisotopic (exact) mass is 202 g/mol. The number of carbonyl (C=O) groups excluding carboxylic acids is 1. The van der Waals surface area contributed by atoms with E-state index in [0.717, 1.165) is 0 Å². The summed E-state index contributed by atoms with van der Waals surface area (Å²) >= 11 is 5.65. The van der Waals surface area contributed by atoms with E-state index in [-0.39, 0.29) is 5.56 Å². The number of halogens is 2. The molecule has 0 heterocycles. The molecule has 0 unspecified atom stereocenters. The maximum Gasteiger partial charge on any atom is 0.328 e. The van der Waals surface area contributed by atoms with Gasteiger partial charge in [-0.1, -0.05) is 18.2 Å². The predicted octanol–water partition coefficient (Wildman–Crippen LogP) is 2.28. The summed E-state index contributed by atoms with van der Waals surface area (Å²) < 4.78 is 17.4. The van der Waals surface area contributed by atoms with E-state index in [0.29, 0.717) is 0 Å². The van der Waals surface area contributed by atoms with Crippen LogP contribution in [0, 0.1) is 5.82 Å². The van der Waals surface area contributed by atoms with Crippen molar-refractivity contribution < 1.29 is 13.9 Å². The van der Waals surface area contributed by atoms with E-state index in [1.165, 1.54) is 25.3 Å². The fourth-order valence-corrected chi connectivity index (χ4v) is 1.18. The Kier molecular flexibility index (Phi) is 3.25. The third-order valence-electron chi connectivity index (χ3n) is 1.59. The third kappa shape index (κ3) is 2.18. The molecule has 0 saturated carbocycles. The first-order valence-electron chi connectivity index (χ1n) is 3.63. The Hall–Kier alpha value is -1.09. The van der Waals surface area contributed by atoms with Crippen LogP contribution in [0.1, 0.15) is 10.9 Å². The van der Waals surface area contributed by atoms with Crippen LogP contribution >= 0.6 is 11.6 Å². The maximum atomic E-state index is 13.0. The quantitative estimate of drug-likeness (QED) is 0.543. The topological polar surface area (TPSA) is 26.3 Å². The number of methoxy groups -OCH3 is 1. The highest BCUT2D eigenvalue weighted by Gasteiger charge is 2.20. The Morgan fingerprint density at radius 1 is 1.54 bits per heavy atom. The van der Waals surface area contributed by atoms with E-state index in [1.807, 2.05) is 0 Å². The minimum Gasteiger partial charge on any atom is -0.468 e. The van der Waals surface area contributed by atoms with Gasteiger partial charge in [0, 0.05) is 5.56 Å². The Balaban J connectivity index is 2.95. The zero-order chi connectivity index (χ0) is 9.84. The molecule has 0 spiro atoms. The molecule has 0 aliphatic rings. The van der Waals surface area contributed by atoms with Crippen molar-refractivity contribution in [2.24, 2.45) is 0 Å². The van der Waals surface area contributed by atoms with Gasteiger partial charge in [-0.15, -0.1) is 11.6 Å². The highest BCUT2D eigenvalue weighted by molar-refractivity contribution is 6.29. The Bertz CT molecular complexity index is 314. The first-order valence-corrected chi connectivity index (χ1v) is 4.06. The molecule has 2 nitrogen and oxygen atoms in total. The Morgan fingerprint density at radius 3 is 2.69 bits per heavy atom. The van der Waals surface area contributed by atoms with E-state index in [4.69, 9.17) is 11.6 Å². The van der Waals surface area contributed by atoms with Gasteiger partial charge in [0.1, 0.15) is 5.82 Å². The number of hydrogen-bond acceptors (Lipinski definition) is 2. The fourth-order valence-electron chi connectivity index (χ4n) is 0.911. The first kappa shape index (κ1) is 9.99. The van der Waals surface area contributed by atoms with Crippen LogP contribution in [0.3, 0.4) is 0 Å². The largest absolute Gasteiger partial charge is 0.468 e. The summed E-state index contributed by atoms with van der Waals surface area (Å²) in [5.74, 6) is -1.17. The number of rotatable bonds is 2. The minimum absolute atomic E-state index is 0.135. The molecule has 4 heteroatoms. The van der Waals surface area contributed by atoms with Crippen molar-refractivity contribution in [2.45, 2.75) is 5.38 Å². The number of alkyl halides is 1. The number of carbonyl (C=O) groups is 1. The lowest BCUT2D eigenvalue weighted by molar-refractivity contribution is -0.140. The summed E-state index contributed by atoms with van der Waals surface area (Å²) in [7, 11) is 1.21. The lowest BCUT2D eigenvalue weighted by Gasteiger charge is -2.07. The molecule has 0 N–H and O–H groups in total. The zero-order valence-corrected chi connectivity index (χ0v) is 7.72. The maximum absolute atomic E-state index is 13.0. The molecular formula is C9H8ClFO2. The molecule has 0 aromatic heterocycles. The van der Waals surface area contributed by atoms with E-state index < -0.39 is 17.2 Å². The van der Waals surface area contributed by atoms with Gasteiger partial charge in [-0.25, -0.2) is 4.39 Å². The smallest absolute Gasteiger partial charge is 0.328 e. The minimum atomic E-state index is -1.08. The Labute approximate surface area is 80.3 Å². The van der Waals surface area contributed by atoms with Crippen molar-refractivity contribution in [3.8, 4) is 0 Å². The zero-order valence-electron chi connectivity index (χ0n) is 6.96. The van der Waals surface area contributed by atoms with Crippen LogP contribution in [-0.2, 0) is 9.53 Å². The Morgan fingerprint density at radius 2 is 2.15 bits per heavy atom. The molecule has 0 saturated heterocycles. The van der Waals surface area contributed by atoms with Gasteiger partial charge in [0.05, 0.1) is 7.11 Å². The van der Waals surface area contributed by atoms with Crippen LogP contribution in [0.25, 0.3) is 0 Å². The molecule has 0 aliphatic carbocycles. The van der Waals surface area contributed by atoms with Crippen molar-refractivity contribution in [1.29, 1.82) is 0 Å². The summed E-state index contributed by atoms with van der Waals surface area (Å²) in [6.45, 7) is 0. The number of ether oxygens (including phenoxy) is 1. The molecule has 70 valence electrons. The number of hydrogen-bond donors (Lipinski definition) is 0. The van der Waals surface area contributed by atoms with Gasteiger partial charge in [0.2, 0.25) is 0 Å². The van der Waals surface area contributed by atoms with E-state index in [9.17, 15) is 9.18 Å². The molecule has 0 bridgehead atoms. The van der Waals surface area contributed by atoms with Gasteiger partial charge < -0.3 is 4.74 Å². The van der Waals surface area contributed by atoms with E-state index >= 15 is 0 Å². The molecule has 0 fully saturated rings. The molecule has 0 radical (unpaired) electrons. The SMILES string of the molecule is COC(=O)[C@H](Cl)c1ccccc1F. The normalized spacial score (nSPS) is 12.2. The molecule has 13 heavy (non-hydrogen) atoms. The van der Waals surface area contributed by atoms with Crippen molar-refractivity contribution in [3.63, 3.8) is 0 Å². The van der Waals surface area contributed by atoms with Gasteiger partial charge in [-0.3, -0.25) is 4.79 Å². The third-order valence-corrected chi connectivity index (χ3v) is 2.00. The summed E-state index contributed by atoms with van der Waals surface area (Å²) in [6.07, 6.45) is 0. The number of esters is 1. The second-order valence-corrected chi connectivity index (χ2v) is 2.84. The first-order chi connectivity index (χ1) is 6.16. The fraction of sp³-hybridized carbons (Fsp3) is 0.222. The molecule has 1 rings (SSSR count). The van der Waals surface area contributed by atoms with Crippen molar-refractivity contribution >= 4 is 17.6 Å². The molecule has 1 aromatic carbocycles. The molecule has 0 aliphatic heterocycles. The lowest BCUT2D eigenvalue weighted by Crippen LogP contribution is -2.09. The highest BCUT2D eigenvalue weighted by atomic mass is 35.5. The van der Waals surface area contributed by atoms with E-state index in [2.05, 4.69) is 4.74 Å². The lowest BCUT2D eigenvalue weighted by atomic mass is 10.1. The van der Waals surface area contributed by atoms with Gasteiger partial charge in [0.25, 0.3) is 0 Å². The standard InChI is InChI=1S/C9H8ClFO2/c1-13-9(12)8(10)6-4-2-3-5-7(6)11/h2-5,8H,1H3/t8-/m1/s1. The van der Waals surface area contributed by atoms with Crippen LogP contribution in [-0.4, -0.2) is 13.1 Å². The van der Waals surface area contributed by atoms with Crippen LogP contribution in [0.15, 0.2) is 24.3 Å². The number of benzene rings is 1. The van der Waals surface area contributed by atoms with Gasteiger partial charge in [0.15, 0.2) is 5.38 Å². The van der Waals surface area contributed by atoms with Gasteiger partial charge in [-0.05, 0) is 6.07 Å². The van der Waals surface area contributed by atoms with E-state index in [1.54, 1.807) is 6.07 Å². The molecule has 0 amide bonds. The average Bonchev–Trinajstić information content (AvgIpc) is 2.16. The summed E-state index contributed by atoms with van der Waals surface area (Å²) in [5.41, 5.74) is 0.135. The van der Waals surface area contributed by atoms with Crippen LogP contribution in [0.5, 0.6) is 0 Å². The molecular weight excluding hydrogens is 195 g/mol. The molecule has 1 aromatic rings. The second kappa shape index (κ2) is 4.23. The summed E-state index contributed by atoms with van der Waals surface area (Å²) in [5, 5.41) is -1.08. The van der Waals surface area contributed by atoms with Crippen molar-refractivity contribution in [2.75, 3.05) is 7.11 Å². The van der Waals surface area contributed by atoms with Gasteiger partial charge in [-0.2, -0.15) is 0 Å². The second-order valence-electron chi connectivity index (χ2n) is 2.41. The van der Waals surface area contributed by atoms with Crippen LogP contribution in [0.2, 0.25) is 0 Å². The molecule has 1 atom stereocenters.